The Balaban J connectivity index is 1.93. The first-order chi connectivity index (χ1) is 5.90. The molecule has 0 saturated heterocycles. The van der Waals surface area contributed by atoms with Crippen molar-refractivity contribution in [2.75, 3.05) is 0 Å². The Morgan fingerprint density at radius 1 is 1.33 bits per heavy atom. The molecule has 0 heterocycles. The second kappa shape index (κ2) is 3.41. The van der Waals surface area contributed by atoms with Crippen LogP contribution in [0.5, 0.6) is 0 Å². The zero-order chi connectivity index (χ0) is 8.39. The Hall–Kier alpha value is -0.610. The first kappa shape index (κ1) is 8.01. The molecule has 0 aliphatic heterocycles. The molecule has 0 amide bonds. The lowest BCUT2D eigenvalue weighted by Gasteiger charge is -1.97. The Kier molecular flexibility index (Phi) is 2.28. The summed E-state index contributed by atoms with van der Waals surface area (Å²) in [5.74, 6) is 0.809. The van der Waals surface area contributed by atoms with Crippen LogP contribution in [0.2, 0.25) is 0 Å². The van der Waals surface area contributed by atoms with E-state index >= 15 is 0 Å². The van der Waals surface area contributed by atoms with Gasteiger partial charge in [0, 0.05) is 0 Å². The zero-order valence-corrected chi connectivity index (χ0v) is 8.03. The van der Waals surface area contributed by atoms with Crippen LogP contribution in [0, 0.1) is 5.92 Å². The van der Waals surface area contributed by atoms with E-state index in [1.807, 2.05) is 0 Å². The maximum absolute atomic E-state index is 3.82. The number of hydrogen-bond acceptors (Lipinski definition) is 0. The third kappa shape index (κ3) is 1.76. The van der Waals surface area contributed by atoms with E-state index in [9.17, 15) is 0 Å². The van der Waals surface area contributed by atoms with Crippen molar-refractivity contribution in [3.63, 3.8) is 0 Å². The van der Waals surface area contributed by atoms with Gasteiger partial charge in [-0.2, -0.15) is 0 Å². The van der Waals surface area contributed by atoms with Crippen molar-refractivity contribution >= 4 is 13.9 Å². The van der Waals surface area contributed by atoms with E-state index in [4.69, 9.17) is 0 Å². The van der Waals surface area contributed by atoms with Gasteiger partial charge in [-0.15, -0.1) is 6.58 Å². The summed E-state index contributed by atoms with van der Waals surface area (Å²) in [6.07, 6.45) is 3.46. The average molecular weight is 176 g/mol. The van der Waals surface area contributed by atoms with E-state index in [0.29, 0.717) is 0 Å². The van der Waals surface area contributed by atoms with E-state index < -0.39 is 0 Å². The summed E-state index contributed by atoms with van der Waals surface area (Å²) in [6, 6.07) is 10.8. The molecule has 1 aromatic carbocycles. The van der Waals surface area contributed by atoms with Gasteiger partial charge >= 0.3 is 0 Å². The average Bonchev–Trinajstić information content (AvgIpc) is 2.85. The minimum absolute atomic E-state index is 0.809. The van der Waals surface area contributed by atoms with Gasteiger partial charge in [0.25, 0.3) is 0 Å². The van der Waals surface area contributed by atoms with Gasteiger partial charge in [0.05, 0.1) is 0 Å². The molecule has 12 heavy (non-hydrogen) atoms. The van der Waals surface area contributed by atoms with Crippen LogP contribution < -0.4 is 5.30 Å². The number of rotatable bonds is 3. The number of benzene rings is 1. The molecule has 2 rings (SSSR count). The standard InChI is InChI=1S/C11H13P/c1-2-9-8-11(9)12-10-6-4-3-5-7-10/h2-7,9,11-12H,1,8H2. The topological polar surface area (TPSA) is 0 Å². The van der Waals surface area contributed by atoms with Crippen molar-refractivity contribution in [2.24, 2.45) is 5.92 Å². The Morgan fingerprint density at radius 3 is 2.67 bits per heavy atom. The van der Waals surface area contributed by atoms with E-state index in [0.717, 1.165) is 20.2 Å². The third-order valence-electron chi connectivity index (χ3n) is 2.27. The Morgan fingerprint density at radius 2 is 2.08 bits per heavy atom. The molecule has 0 aromatic heterocycles. The van der Waals surface area contributed by atoms with Gasteiger partial charge in [0.1, 0.15) is 0 Å². The Labute approximate surface area is 75.5 Å². The highest BCUT2D eigenvalue weighted by Crippen LogP contribution is 2.45. The molecule has 0 nitrogen and oxygen atoms in total. The summed E-state index contributed by atoms with van der Waals surface area (Å²) in [4.78, 5) is 0. The minimum Gasteiger partial charge on any atom is -0.103 e. The molecule has 1 aliphatic rings. The predicted octanol–water partition coefficient (Wildman–Crippen LogP) is 2.56. The summed E-state index contributed by atoms with van der Waals surface area (Å²) >= 11 is 0. The van der Waals surface area contributed by atoms with Gasteiger partial charge in [-0.3, -0.25) is 0 Å². The largest absolute Gasteiger partial charge is 0.103 e. The highest BCUT2D eigenvalue weighted by Gasteiger charge is 2.33. The van der Waals surface area contributed by atoms with E-state index in [1.54, 1.807) is 0 Å². The van der Waals surface area contributed by atoms with Gasteiger partial charge in [-0.05, 0) is 23.3 Å². The van der Waals surface area contributed by atoms with Crippen LogP contribution in [-0.2, 0) is 0 Å². The van der Waals surface area contributed by atoms with Gasteiger partial charge in [-0.1, -0.05) is 45.0 Å². The van der Waals surface area contributed by atoms with Gasteiger partial charge in [0.15, 0.2) is 0 Å². The van der Waals surface area contributed by atoms with Crippen molar-refractivity contribution < 1.29 is 0 Å². The quantitative estimate of drug-likeness (QED) is 0.490. The van der Waals surface area contributed by atoms with Crippen molar-refractivity contribution in [3.05, 3.63) is 43.0 Å². The van der Waals surface area contributed by atoms with Crippen LogP contribution in [0.25, 0.3) is 0 Å². The summed E-state index contributed by atoms with van der Waals surface area (Å²) in [5.41, 5.74) is 0.907. The first-order valence-electron chi connectivity index (χ1n) is 4.34. The van der Waals surface area contributed by atoms with Crippen LogP contribution in [0.4, 0.5) is 0 Å². The lowest BCUT2D eigenvalue weighted by atomic mass is 10.4. The molecule has 1 aromatic rings. The van der Waals surface area contributed by atoms with Crippen LogP contribution in [-0.4, -0.2) is 5.66 Å². The molecule has 0 N–H and O–H groups in total. The number of hydrogen-bond donors (Lipinski definition) is 0. The van der Waals surface area contributed by atoms with Crippen LogP contribution >= 0.6 is 8.58 Å². The summed E-state index contributed by atoms with van der Waals surface area (Å²) in [5, 5.41) is 1.49. The monoisotopic (exact) mass is 176 g/mol. The van der Waals surface area contributed by atoms with Crippen LogP contribution in [0.3, 0.4) is 0 Å². The fourth-order valence-corrected chi connectivity index (χ4v) is 2.94. The zero-order valence-electron chi connectivity index (χ0n) is 7.03. The second-order valence-electron chi connectivity index (χ2n) is 3.25. The molecule has 0 spiro atoms. The molecular formula is C11H13P. The molecule has 1 saturated carbocycles. The molecule has 3 atom stereocenters. The predicted molar refractivity (Wildman–Crippen MR) is 56.5 cm³/mol. The van der Waals surface area contributed by atoms with Gasteiger partial charge in [0.2, 0.25) is 0 Å². The van der Waals surface area contributed by atoms with Crippen molar-refractivity contribution in [3.8, 4) is 0 Å². The summed E-state index contributed by atoms with van der Waals surface area (Å²) in [7, 11) is 0.988. The molecule has 0 bridgehead atoms. The number of allylic oxidation sites excluding steroid dienone is 1. The highest BCUT2D eigenvalue weighted by atomic mass is 31.1. The van der Waals surface area contributed by atoms with E-state index in [-0.39, 0.29) is 0 Å². The molecule has 0 radical (unpaired) electrons. The fraction of sp³-hybridized carbons (Fsp3) is 0.273. The van der Waals surface area contributed by atoms with Crippen LogP contribution in [0.15, 0.2) is 43.0 Å². The normalized spacial score (nSPS) is 27.7. The maximum Gasteiger partial charge on any atom is -0.0127 e. The third-order valence-corrected chi connectivity index (χ3v) is 3.97. The van der Waals surface area contributed by atoms with Crippen molar-refractivity contribution in [1.82, 2.24) is 0 Å². The van der Waals surface area contributed by atoms with E-state index in [2.05, 4.69) is 43.0 Å². The van der Waals surface area contributed by atoms with Crippen LogP contribution in [0.1, 0.15) is 6.42 Å². The molecular weight excluding hydrogens is 163 g/mol. The molecule has 1 fully saturated rings. The highest BCUT2D eigenvalue weighted by molar-refractivity contribution is 7.48. The van der Waals surface area contributed by atoms with Gasteiger partial charge < -0.3 is 0 Å². The lowest BCUT2D eigenvalue weighted by Crippen LogP contribution is -1.93. The smallest absolute Gasteiger partial charge is 0.0127 e. The summed E-state index contributed by atoms with van der Waals surface area (Å²) in [6.45, 7) is 3.82. The SMILES string of the molecule is C=CC1CC1Pc1ccccc1. The molecule has 3 unspecified atom stereocenters. The minimum atomic E-state index is 0.809. The molecule has 62 valence electrons. The fourth-order valence-electron chi connectivity index (χ4n) is 1.39. The van der Waals surface area contributed by atoms with E-state index in [1.165, 1.54) is 11.7 Å². The molecule has 1 heteroatoms. The van der Waals surface area contributed by atoms with Crippen molar-refractivity contribution in [2.45, 2.75) is 12.1 Å². The lowest BCUT2D eigenvalue weighted by molar-refractivity contribution is 1.13. The van der Waals surface area contributed by atoms with Crippen molar-refractivity contribution in [1.29, 1.82) is 0 Å². The Bertz CT molecular complexity index is 266. The first-order valence-corrected chi connectivity index (χ1v) is 5.42. The molecule has 1 aliphatic carbocycles. The second-order valence-corrected chi connectivity index (χ2v) is 4.86. The summed E-state index contributed by atoms with van der Waals surface area (Å²) < 4.78 is 0. The van der Waals surface area contributed by atoms with Gasteiger partial charge in [-0.25, -0.2) is 0 Å². The maximum atomic E-state index is 3.82.